The van der Waals surface area contributed by atoms with Crippen LogP contribution in [0.2, 0.25) is 5.02 Å². The first-order valence-electron chi connectivity index (χ1n) is 8.97. The van der Waals surface area contributed by atoms with Gasteiger partial charge in [0.25, 0.3) is 5.69 Å². The van der Waals surface area contributed by atoms with Gasteiger partial charge < -0.3 is 5.73 Å². The number of benzene rings is 1. The van der Waals surface area contributed by atoms with E-state index in [1.807, 2.05) is 11.4 Å². The predicted molar refractivity (Wildman–Crippen MR) is 118 cm³/mol. The minimum atomic E-state index is -0.540. The fraction of sp³-hybridized carbons (Fsp3) is 0.200. The number of ketones is 1. The molecule has 1 aliphatic carbocycles. The molecule has 152 valence electrons. The third-order valence-electron chi connectivity index (χ3n) is 5.17. The van der Waals surface area contributed by atoms with Crippen LogP contribution in [0.4, 0.5) is 11.4 Å². The van der Waals surface area contributed by atoms with Gasteiger partial charge in [-0.3, -0.25) is 19.8 Å². The summed E-state index contributed by atoms with van der Waals surface area (Å²) in [6.45, 7) is 0. The van der Waals surface area contributed by atoms with Crippen LogP contribution < -0.4 is 10.6 Å². The zero-order chi connectivity index (χ0) is 21.6. The van der Waals surface area contributed by atoms with Crippen LogP contribution in [0, 0.1) is 21.4 Å². The SMILES string of the molecule is N#CC1=C(N)N(c2ccc([N+](=O)[O-])cc2Cl)C2=C(C(=O)CCC2)[C@@H]1c1cc(Br)cs1. The number of thiophene rings is 1. The summed E-state index contributed by atoms with van der Waals surface area (Å²) in [5.41, 5.74) is 8.19. The van der Waals surface area contributed by atoms with Crippen LogP contribution in [0.15, 0.2) is 56.8 Å². The average Bonchev–Trinajstić information content (AvgIpc) is 3.13. The Bertz CT molecular complexity index is 1200. The summed E-state index contributed by atoms with van der Waals surface area (Å²) in [6, 6.07) is 8.13. The molecule has 1 aliphatic heterocycles. The van der Waals surface area contributed by atoms with Gasteiger partial charge in [0.2, 0.25) is 0 Å². The summed E-state index contributed by atoms with van der Waals surface area (Å²) in [7, 11) is 0. The van der Waals surface area contributed by atoms with Crippen molar-refractivity contribution in [2.45, 2.75) is 25.2 Å². The normalized spacial score (nSPS) is 19.0. The van der Waals surface area contributed by atoms with E-state index < -0.39 is 10.8 Å². The Morgan fingerprint density at radius 1 is 1.37 bits per heavy atom. The van der Waals surface area contributed by atoms with Crippen molar-refractivity contribution in [3.8, 4) is 6.07 Å². The van der Waals surface area contributed by atoms with Gasteiger partial charge in [-0.15, -0.1) is 11.3 Å². The molecule has 2 aromatic rings. The van der Waals surface area contributed by atoms with Crippen molar-refractivity contribution in [3.05, 3.63) is 76.8 Å². The number of nitrogens with zero attached hydrogens (tertiary/aromatic N) is 3. The standard InChI is InChI=1S/C20H14BrClN4O3S/c21-10-6-17(30-9-10)18-12(8-23)20(24)25(15-2-1-3-16(27)19(15)18)14-5-4-11(26(28)29)7-13(14)22/h4-7,9,18H,1-3,24H2/t18-/m0/s1. The molecule has 2 aliphatic rings. The van der Waals surface area contributed by atoms with E-state index in [1.165, 1.54) is 29.5 Å². The minimum Gasteiger partial charge on any atom is -0.384 e. The molecular formula is C20H14BrClN4O3S. The lowest BCUT2D eigenvalue weighted by molar-refractivity contribution is -0.384. The highest BCUT2D eigenvalue weighted by Crippen LogP contribution is 2.49. The number of nitro groups is 1. The topological polar surface area (TPSA) is 113 Å². The number of rotatable bonds is 3. The van der Waals surface area contributed by atoms with E-state index in [2.05, 4.69) is 22.0 Å². The molecule has 0 saturated carbocycles. The quantitative estimate of drug-likeness (QED) is 0.443. The number of nitrogens with two attached hydrogens (primary N) is 1. The first-order valence-corrected chi connectivity index (χ1v) is 11.0. The maximum absolute atomic E-state index is 13.0. The lowest BCUT2D eigenvalue weighted by atomic mass is 9.78. The zero-order valence-electron chi connectivity index (χ0n) is 15.4. The summed E-state index contributed by atoms with van der Waals surface area (Å²) >= 11 is 11.2. The molecule has 2 N–H and O–H groups in total. The van der Waals surface area contributed by atoms with Crippen LogP contribution in [0.25, 0.3) is 0 Å². The second-order valence-corrected chi connectivity index (χ2v) is 9.14. The Kier molecular flexibility index (Phi) is 5.40. The zero-order valence-corrected chi connectivity index (χ0v) is 18.6. The molecule has 0 radical (unpaired) electrons. The molecule has 0 fully saturated rings. The first kappa shape index (κ1) is 20.6. The highest BCUT2D eigenvalue weighted by atomic mass is 79.9. The monoisotopic (exact) mass is 504 g/mol. The molecule has 1 aromatic heterocycles. The Morgan fingerprint density at radius 2 is 2.13 bits per heavy atom. The highest BCUT2D eigenvalue weighted by molar-refractivity contribution is 9.10. The van der Waals surface area contributed by atoms with Gasteiger partial charge in [0.1, 0.15) is 5.82 Å². The number of carbonyl (C=O) groups is 1. The van der Waals surface area contributed by atoms with Gasteiger partial charge in [0.05, 0.1) is 33.2 Å². The van der Waals surface area contributed by atoms with E-state index in [9.17, 15) is 20.2 Å². The van der Waals surface area contributed by atoms with Crippen molar-refractivity contribution >= 4 is 56.0 Å². The second kappa shape index (κ2) is 7.87. The molecule has 0 spiro atoms. The number of carbonyl (C=O) groups excluding carboxylic acids is 1. The maximum atomic E-state index is 13.0. The molecule has 0 saturated heterocycles. The molecule has 4 rings (SSSR count). The van der Waals surface area contributed by atoms with E-state index in [4.69, 9.17) is 17.3 Å². The molecular weight excluding hydrogens is 492 g/mol. The third-order valence-corrected chi connectivity index (χ3v) is 7.23. The van der Waals surface area contributed by atoms with Crippen LogP contribution in [-0.2, 0) is 4.79 Å². The van der Waals surface area contributed by atoms with Crippen molar-refractivity contribution in [2.24, 2.45) is 5.73 Å². The molecule has 0 unspecified atom stereocenters. The average molecular weight is 506 g/mol. The summed E-state index contributed by atoms with van der Waals surface area (Å²) in [5, 5.41) is 23.0. The number of hydrogen-bond acceptors (Lipinski definition) is 7. The van der Waals surface area contributed by atoms with Crippen molar-refractivity contribution in [2.75, 3.05) is 4.90 Å². The smallest absolute Gasteiger partial charge is 0.271 e. The van der Waals surface area contributed by atoms with Crippen molar-refractivity contribution < 1.29 is 9.72 Å². The lowest BCUT2D eigenvalue weighted by Gasteiger charge is -2.39. The van der Waals surface area contributed by atoms with Gasteiger partial charge in [0.15, 0.2) is 5.78 Å². The Hall–Kier alpha value is -2.67. The predicted octanol–water partition coefficient (Wildman–Crippen LogP) is 5.38. The number of non-ortho nitro benzene ring substituents is 1. The molecule has 1 aromatic carbocycles. The van der Waals surface area contributed by atoms with Crippen molar-refractivity contribution in [3.63, 3.8) is 0 Å². The van der Waals surface area contributed by atoms with Crippen molar-refractivity contribution in [1.82, 2.24) is 0 Å². The fourth-order valence-electron chi connectivity index (χ4n) is 3.92. The second-order valence-electron chi connectivity index (χ2n) is 6.88. The van der Waals surface area contributed by atoms with Gasteiger partial charge in [-0.2, -0.15) is 5.26 Å². The summed E-state index contributed by atoms with van der Waals surface area (Å²) < 4.78 is 0.865. The van der Waals surface area contributed by atoms with Crippen LogP contribution in [0.3, 0.4) is 0 Å². The van der Waals surface area contributed by atoms with Crippen LogP contribution >= 0.6 is 38.9 Å². The van der Waals surface area contributed by atoms with E-state index in [0.717, 1.165) is 9.35 Å². The number of nitriles is 1. The number of Topliss-reactive ketones (excluding diaryl/α,β-unsaturated/α-hetero) is 1. The number of nitro benzene ring substituents is 1. The molecule has 1 atom stereocenters. The fourth-order valence-corrected chi connectivity index (χ4v) is 5.74. The Morgan fingerprint density at radius 3 is 2.73 bits per heavy atom. The summed E-state index contributed by atoms with van der Waals surface area (Å²) in [6.07, 6.45) is 1.62. The molecule has 10 heteroatoms. The largest absolute Gasteiger partial charge is 0.384 e. The van der Waals surface area contributed by atoms with Crippen LogP contribution in [0.1, 0.15) is 30.1 Å². The van der Waals surface area contributed by atoms with Gasteiger partial charge in [-0.1, -0.05) is 11.6 Å². The van der Waals surface area contributed by atoms with Gasteiger partial charge in [-0.05, 0) is 40.9 Å². The Labute approximate surface area is 189 Å². The maximum Gasteiger partial charge on any atom is 0.271 e. The molecule has 7 nitrogen and oxygen atoms in total. The third kappa shape index (κ3) is 3.31. The number of hydrogen-bond donors (Lipinski definition) is 1. The van der Waals surface area contributed by atoms with Gasteiger partial charge >= 0.3 is 0 Å². The van der Waals surface area contributed by atoms with Crippen molar-refractivity contribution in [1.29, 1.82) is 5.26 Å². The molecule has 30 heavy (non-hydrogen) atoms. The summed E-state index contributed by atoms with van der Waals surface area (Å²) in [5.74, 6) is -0.396. The first-order chi connectivity index (χ1) is 14.3. The van der Waals surface area contributed by atoms with E-state index >= 15 is 0 Å². The molecule has 0 bridgehead atoms. The van der Waals surface area contributed by atoms with Gasteiger partial charge in [-0.25, -0.2) is 0 Å². The summed E-state index contributed by atoms with van der Waals surface area (Å²) in [4.78, 5) is 26.0. The highest BCUT2D eigenvalue weighted by Gasteiger charge is 2.41. The van der Waals surface area contributed by atoms with E-state index in [1.54, 1.807) is 4.90 Å². The van der Waals surface area contributed by atoms with Crippen LogP contribution in [-0.4, -0.2) is 10.7 Å². The van der Waals surface area contributed by atoms with E-state index in [0.29, 0.717) is 36.2 Å². The molecule has 2 heterocycles. The number of allylic oxidation sites excluding steroid dienone is 3. The van der Waals surface area contributed by atoms with Crippen LogP contribution in [0.5, 0.6) is 0 Å². The minimum absolute atomic E-state index is 0.0333. The van der Waals surface area contributed by atoms with Gasteiger partial charge in [0, 0.05) is 44.6 Å². The lowest BCUT2D eigenvalue weighted by Crippen LogP contribution is -2.38. The molecule has 0 amide bonds. The van der Waals surface area contributed by atoms with E-state index in [-0.39, 0.29) is 27.9 Å². The number of anilines is 1. The number of halogens is 2. The Balaban J connectivity index is 1.96.